The topological polar surface area (TPSA) is 14.2 Å². The number of hydrogen-bond acceptors (Lipinski definition) is 1. The number of aromatic nitrogens is 1. The normalized spacial score (nSPS) is 15.7. The van der Waals surface area contributed by atoms with E-state index in [-0.39, 0.29) is 0 Å². The monoisotopic (exact) mass is 259 g/mol. The molecule has 0 aliphatic heterocycles. The van der Waals surface area contributed by atoms with Crippen molar-refractivity contribution in [2.75, 3.05) is 0 Å². The molecule has 0 bridgehead atoms. The quantitative estimate of drug-likeness (QED) is 0.749. The number of benzene rings is 1. The lowest BCUT2D eigenvalue weighted by Gasteiger charge is -2.24. The van der Waals surface area contributed by atoms with Gasteiger partial charge in [-0.1, -0.05) is 18.2 Å². The van der Waals surface area contributed by atoms with E-state index in [1.165, 1.54) is 41.4 Å². The van der Waals surface area contributed by atoms with Crippen LogP contribution in [-0.2, 0) is 12.8 Å². The molecule has 0 unspecified atom stereocenters. The van der Waals surface area contributed by atoms with E-state index in [0.717, 1.165) is 6.42 Å². The lowest BCUT2D eigenvalue weighted by atomic mass is 9.96. The van der Waals surface area contributed by atoms with E-state index in [0.29, 0.717) is 0 Å². The van der Waals surface area contributed by atoms with Crippen LogP contribution in [0, 0.1) is 0 Å². The Labute approximate surface area is 110 Å². The molecule has 1 aliphatic carbocycles. The van der Waals surface area contributed by atoms with Crippen LogP contribution in [-0.4, -0.2) is 13.0 Å². The lowest BCUT2D eigenvalue weighted by Crippen LogP contribution is -2.37. The maximum atomic E-state index is 6.31. The minimum Gasteiger partial charge on any atom is -0.470 e. The summed E-state index contributed by atoms with van der Waals surface area (Å²) >= 11 is 0. The average molecular weight is 259 g/mol. The molecule has 0 radical (unpaired) electrons. The third kappa shape index (κ3) is 1.97. The van der Waals surface area contributed by atoms with E-state index in [1.54, 1.807) is 0 Å². The van der Waals surface area contributed by atoms with Gasteiger partial charge in [-0.2, -0.15) is 0 Å². The van der Waals surface area contributed by atoms with Gasteiger partial charge >= 0.3 is 0 Å². The van der Waals surface area contributed by atoms with E-state index in [1.807, 2.05) is 0 Å². The molecule has 0 atom stereocenters. The fourth-order valence-corrected chi connectivity index (χ4v) is 3.59. The van der Waals surface area contributed by atoms with Crippen LogP contribution in [0.2, 0.25) is 19.6 Å². The van der Waals surface area contributed by atoms with Gasteiger partial charge < -0.3 is 4.53 Å². The summed E-state index contributed by atoms with van der Waals surface area (Å²) in [6, 6.07) is 8.67. The molecular formula is C15H21NOSi. The van der Waals surface area contributed by atoms with Crippen molar-refractivity contribution < 1.29 is 4.53 Å². The molecule has 1 aliphatic rings. The molecule has 0 fully saturated rings. The highest BCUT2D eigenvalue weighted by Gasteiger charge is 2.24. The molecule has 3 rings (SSSR count). The molecule has 1 aromatic heterocycles. The summed E-state index contributed by atoms with van der Waals surface area (Å²) in [4.78, 5) is 0. The Morgan fingerprint density at radius 2 is 1.78 bits per heavy atom. The highest BCUT2D eigenvalue weighted by Crippen LogP contribution is 2.31. The van der Waals surface area contributed by atoms with Crippen LogP contribution in [0.1, 0.15) is 24.1 Å². The van der Waals surface area contributed by atoms with Gasteiger partial charge in [0.25, 0.3) is 8.32 Å². The number of para-hydroxylation sites is 1. The smallest absolute Gasteiger partial charge is 0.276 e. The van der Waals surface area contributed by atoms with Crippen LogP contribution in [0.5, 0.6) is 0 Å². The molecule has 2 nitrogen and oxygen atoms in total. The number of hydrogen-bond donors (Lipinski definition) is 0. The van der Waals surface area contributed by atoms with Crippen molar-refractivity contribution in [3.63, 3.8) is 0 Å². The Bertz CT molecular complexity index is 580. The van der Waals surface area contributed by atoms with Gasteiger partial charge in [0.1, 0.15) is 0 Å². The number of fused-ring (bicyclic) bond motifs is 3. The fraction of sp³-hybridized carbons (Fsp3) is 0.467. The van der Waals surface area contributed by atoms with Crippen LogP contribution in [0.3, 0.4) is 0 Å². The van der Waals surface area contributed by atoms with Gasteiger partial charge in [-0.15, -0.1) is 0 Å². The molecule has 1 aromatic carbocycles. The maximum Gasteiger partial charge on any atom is 0.276 e. The van der Waals surface area contributed by atoms with Crippen molar-refractivity contribution in [3.05, 3.63) is 35.5 Å². The molecule has 0 saturated carbocycles. The Kier molecular flexibility index (Phi) is 2.74. The number of nitrogens with zero attached hydrogens (tertiary/aromatic N) is 1. The van der Waals surface area contributed by atoms with E-state index < -0.39 is 8.32 Å². The Morgan fingerprint density at radius 3 is 2.56 bits per heavy atom. The first-order chi connectivity index (χ1) is 8.56. The van der Waals surface area contributed by atoms with Gasteiger partial charge in [-0.05, 0) is 57.0 Å². The molecule has 1 heterocycles. The van der Waals surface area contributed by atoms with Gasteiger partial charge in [0.05, 0.1) is 11.2 Å². The van der Waals surface area contributed by atoms with Crippen molar-refractivity contribution in [2.24, 2.45) is 0 Å². The summed E-state index contributed by atoms with van der Waals surface area (Å²) in [5.74, 6) is 0. The lowest BCUT2D eigenvalue weighted by molar-refractivity contribution is 0.268. The third-order valence-electron chi connectivity index (χ3n) is 3.50. The molecule has 0 spiro atoms. The predicted octanol–water partition coefficient (Wildman–Crippen LogP) is 3.78. The van der Waals surface area contributed by atoms with Crippen molar-refractivity contribution in [1.29, 1.82) is 0 Å². The van der Waals surface area contributed by atoms with Gasteiger partial charge in [0, 0.05) is 5.39 Å². The van der Waals surface area contributed by atoms with E-state index in [2.05, 4.69) is 48.6 Å². The maximum absolute atomic E-state index is 6.31. The summed E-state index contributed by atoms with van der Waals surface area (Å²) in [6.45, 7) is 6.74. The molecule has 0 amide bonds. The van der Waals surface area contributed by atoms with Crippen molar-refractivity contribution in [2.45, 2.75) is 45.3 Å². The Balaban J connectivity index is 2.22. The largest absolute Gasteiger partial charge is 0.470 e. The van der Waals surface area contributed by atoms with Crippen molar-refractivity contribution in [1.82, 2.24) is 4.73 Å². The van der Waals surface area contributed by atoms with Gasteiger partial charge in [0.15, 0.2) is 0 Å². The van der Waals surface area contributed by atoms with Crippen LogP contribution < -0.4 is 4.53 Å². The molecule has 0 N–H and O–H groups in total. The van der Waals surface area contributed by atoms with Crippen molar-refractivity contribution >= 4 is 19.2 Å². The summed E-state index contributed by atoms with van der Waals surface area (Å²) < 4.78 is 8.46. The van der Waals surface area contributed by atoms with Gasteiger partial charge in [-0.25, -0.2) is 4.73 Å². The first-order valence-corrected chi connectivity index (χ1v) is 10.3. The zero-order chi connectivity index (χ0) is 12.8. The van der Waals surface area contributed by atoms with Gasteiger partial charge in [0.2, 0.25) is 0 Å². The Morgan fingerprint density at radius 1 is 1.06 bits per heavy atom. The van der Waals surface area contributed by atoms with E-state index in [4.69, 9.17) is 4.53 Å². The van der Waals surface area contributed by atoms with Crippen LogP contribution in [0.15, 0.2) is 24.3 Å². The second-order valence-corrected chi connectivity index (χ2v) is 10.6. The van der Waals surface area contributed by atoms with Crippen LogP contribution in [0.25, 0.3) is 10.9 Å². The first-order valence-electron chi connectivity index (χ1n) is 6.87. The van der Waals surface area contributed by atoms with Crippen molar-refractivity contribution in [3.8, 4) is 0 Å². The molecule has 96 valence electrons. The number of rotatable bonds is 2. The summed E-state index contributed by atoms with van der Waals surface area (Å²) in [5, 5.41) is 1.39. The molecule has 3 heteroatoms. The molecular weight excluding hydrogens is 238 g/mol. The van der Waals surface area contributed by atoms with E-state index >= 15 is 0 Å². The van der Waals surface area contributed by atoms with Crippen LogP contribution in [0.4, 0.5) is 0 Å². The minimum atomic E-state index is -1.58. The summed E-state index contributed by atoms with van der Waals surface area (Å²) in [7, 11) is -1.58. The summed E-state index contributed by atoms with van der Waals surface area (Å²) in [6.07, 6.45) is 4.97. The zero-order valence-corrected chi connectivity index (χ0v) is 12.5. The van der Waals surface area contributed by atoms with Gasteiger partial charge in [-0.3, -0.25) is 0 Å². The zero-order valence-electron chi connectivity index (χ0n) is 11.5. The summed E-state index contributed by atoms with van der Waals surface area (Å²) in [5.41, 5.74) is 4.20. The van der Waals surface area contributed by atoms with Crippen LogP contribution >= 0.6 is 0 Å². The fourth-order valence-electron chi connectivity index (χ4n) is 2.83. The molecule has 0 saturated heterocycles. The minimum absolute atomic E-state index is 1.16. The standard InChI is InChI=1S/C15H21NOSi/c1-18(2,3)17-16-14-10-6-4-8-12(14)13-9-5-7-11-15(13)16/h4,6,8,10H,5,7,9,11H2,1-3H3. The highest BCUT2D eigenvalue weighted by molar-refractivity contribution is 6.70. The second kappa shape index (κ2) is 4.16. The highest BCUT2D eigenvalue weighted by atomic mass is 28.4. The first kappa shape index (κ1) is 11.8. The second-order valence-electron chi connectivity index (χ2n) is 6.15. The molecule has 2 aromatic rings. The SMILES string of the molecule is C[Si](C)(C)On1c2c(c3ccccc31)CCCC2. The van der Waals surface area contributed by atoms with E-state index in [9.17, 15) is 0 Å². The number of aryl methyl sites for hydroxylation is 1. The molecule has 18 heavy (non-hydrogen) atoms. The third-order valence-corrected chi connectivity index (χ3v) is 4.23. The average Bonchev–Trinajstić information content (AvgIpc) is 2.64. The Hall–Kier alpha value is -1.22. The predicted molar refractivity (Wildman–Crippen MR) is 78.5 cm³/mol.